The maximum absolute atomic E-state index is 12.3. The third kappa shape index (κ3) is 2.67. The minimum Gasteiger partial charge on any atom is -0.444 e. The molecule has 0 aromatic heterocycles. The molecule has 0 saturated heterocycles. The van der Waals surface area contributed by atoms with Crippen molar-refractivity contribution in [2.24, 2.45) is 0 Å². The Bertz CT molecular complexity index is 297. The van der Waals surface area contributed by atoms with Crippen LogP contribution in [0.1, 0.15) is 5.56 Å². The Morgan fingerprint density at radius 2 is 1.91 bits per heavy atom. The average Bonchev–Trinajstić information content (AvgIpc) is 1.93. The van der Waals surface area contributed by atoms with Crippen LogP contribution in [0.25, 0.3) is 0 Å². The SMILES string of the molecule is N=[S-](=O)Cc1ccc(F)cc1. The van der Waals surface area contributed by atoms with Gasteiger partial charge in [0.2, 0.25) is 0 Å². The number of hydrogen-bond acceptors (Lipinski definition) is 3. The molecule has 0 atom stereocenters. The fourth-order valence-electron chi connectivity index (χ4n) is 0.732. The molecule has 60 valence electrons. The second-order valence-electron chi connectivity index (χ2n) is 2.12. The van der Waals surface area contributed by atoms with Gasteiger partial charge in [-0.2, -0.15) is 10.6 Å². The highest BCUT2D eigenvalue weighted by molar-refractivity contribution is 7.72. The Kier molecular flexibility index (Phi) is 2.59. The second-order valence-corrected chi connectivity index (χ2v) is 3.10. The van der Waals surface area contributed by atoms with Gasteiger partial charge in [-0.3, -0.25) is 0 Å². The minimum absolute atomic E-state index is 0.167. The van der Waals surface area contributed by atoms with E-state index in [1.54, 1.807) is 0 Å². The molecule has 0 radical (unpaired) electrons. The summed E-state index contributed by atoms with van der Waals surface area (Å²) in [6.07, 6.45) is 0. The van der Waals surface area contributed by atoms with E-state index in [1.807, 2.05) is 0 Å². The maximum atomic E-state index is 12.3. The predicted octanol–water partition coefficient (Wildman–Crippen LogP) is 2.05. The Morgan fingerprint density at radius 3 is 2.36 bits per heavy atom. The minimum atomic E-state index is -1.60. The summed E-state index contributed by atoms with van der Waals surface area (Å²) in [4.78, 5) is 0. The van der Waals surface area contributed by atoms with E-state index in [9.17, 15) is 8.60 Å². The van der Waals surface area contributed by atoms with Gasteiger partial charge in [-0.1, -0.05) is 23.4 Å². The predicted molar refractivity (Wildman–Crippen MR) is 40.9 cm³/mol. The molecular formula is C7H7FNOS-. The molecule has 0 unspecified atom stereocenters. The number of rotatable bonds is 2. The van der Waals surface area contributed by atoms with Crippen LogP contribution in [0.2, 0.25) is 0 Å². The van der Waals surface area contributed by atoms with Gasteiger partial charge in [0.1, 0.15) is 5.82 Å². The van der Waals surface area contributed by atoms with Crippen LogP contribution < -0.4 is 0 Å². The molecule has 1 aromatic rings. The van der Waals surface area contributed by atoms with Crippen molar-refractivity contribution in [3.63, 3.8) is 0 Å². The van der Waals surface area contributed by atoms with Crippen LogP contribution in [-0.4, -0.2) is 0 Å². The standard InChI is InChI=1S/C7H7FNOS/c8-7-3-1-6(2-4-7)5-11(9)10/h1-4,9H,5H2/q-1. The summed E-state index contributed by atoms with van der Waals surface area (Å²) in [6, 6.07) is 5.65. The number of benzene rings is 1. The Morgan fingerprint density at radius 1 is 1.36 bits per heavy atom. The average molecular weight is 172 g/mol. The molecule has 1 rings (SSSR count). The monoisotopic (exact) mass is 172 g/mol. The van der Waals surface area contributed by atoms with E-state index < -0.39 is 10.6 Å². The molecule has 0 heterocycles. The van der Waals surface area contributed by atoms with E-state index in [2.05, 4.69) is 0 Å². The highest BCUT2D eigenvalue weighted by atomic mass is 32.2. The lowest BCUT2D eigenvalue weighted by Crippen LogP contribution is -1.84. The van der Waals surface area contributed by atoms with Gasteiger partial charge in [0.25, 0.3) is 0 Å². The number of halogens is 1. The first-order valence-electron chi connectivity index (χ1n) is 3.02. The molecule has 0 bridgehead atoms. The smallest absolute Gasteiger partial charge is 0.123 e. The Labute approximate surface area is 66.1 Å². The quantitative estimate of drug-likeness (QED) is 0.681. The van der Waals surface area contributed by atoms with Crippen molar-refractivity contribution in [1.82, 2.24) is 0 Å². The van der Waals surface area contributed by atoms with E-state index in [1.165, 1.54) is 24.3 Å². The highest BCUT2D eigenvalue weighted by Crippen LogP contribution is 2.03. The Hall–Kier alpha value is -0.900. The van der Waals surface area contributed by atoms with Gasteiger partial charge < -0.3 is 8.99 Å². The normalized spacial score (nSPS) is 10.4. The van der Waals surface area contributed by atoms with Crippen molar-refractivity contribution in [3.8, 4) is 0 Å². The van der Waals surface area contributed by atoms with E-state index >= 15 is 0 Å². The van der Waals surface area contributed by atoms with Crippen molar-refractivity contribution in [1.29, 1.82) is 4.78 Å². The van der Waals surface area contributed by atoms with Crippen LogP contribution >= 0.6 is 0 Å². The summed E-state index contributed by atoms with van der Waals surface area (Å²) >= 11 is 0. The fourth-order valence-corrected chi connectivity index (χ4v) is 1.23. The first-order valence-corrected chi connectivity index (χ1v) is 4.34. The molecule has 1 aromatic carbocycles. The highest BCUT2D eigenvalue weighted by Gasteiger charge is 1.88. The van der Waals surface area contributed by atoms with Gasteiger partial charge in [0.15, 0.2) is 0 Å². The van der Waals surface area contributed by atoms with E-state index in [0.717, 1.165) is 5.56 Å². The zero-order valence-electron chi connectivity index (χ0n) is 5.71. The van der Waals surface area contributed by atoms with Crippen LogP contribution in [0.4, 0.5) is 4.39 Å². The lowest BCUT2D eigenvalue weighted by Gasteiger charge is -1.99. The molecule has 0 saturated carbocycles. The van der Waals surface area contributed by atoms with Crippen LogP contribution in [0.15, 0.2) is 24.3 Å². The molecular weight excluding hydrogens is 165 g/mol. The van der Waals surface area contributed by atoms with Gasteiger partial charge in [0.05, 0.1) is 0 Å². The zero-order chi connectivity index (χ0) is 8.27. The lowest BCUT2D eigenvalue weighted by atomic mass is 10.2. The summed E-state index contributed by atoms with van der Waals surface area (Å²) in [6.45, 7) is 0. The van der Waals surface area contributed by atoms with Crippen molar-refractivity contribution in [2.45, 2.75) is 5.75 Å². The summed E-state index contributed by atoms with van der Waals surface area (Å²) in [7, 11) is -1.60. The zero-order valence-corrected chi connectivity index (χ0v) is 6.53. The summed E-state index contributed by atoms with van der Waals surface area (Å²) in [5, 5.41) is 0. The van der Waals surface area contributed by atoms with Gasteiger partial charge in [0, 0.05) is 0 Å². The van der Waals surface area contributed by atoms with Crippen LogP contribution in [-0.2, 0) is 20.6 Å². The number of hydrogen-bond donors (Lipinski definition) is 1. The van der Waals surface area contributed by atoms with Crippen molar-refractivity contribution >= 4 is 10.6 Å². The van der Waals surface area contributed by atoms with Crippen molar-refractivity contribution in [2.75, 3.05) is 0 Å². The second kappa shape index (κ2) is 3.48. The van der Waals surface area contributed by atoms with E-state index in [0.29, 0.717) is 0 Å². The molecule has 0 aliphatic heterocycles. The largest absolute Gasteiger partial charge is 0.444 e. The van der Waals surface area contributed by atoms with E-state index in [-0.39, 0.29) is 11.6 Å². The summed E-state index contributed by atoms with van der Waals surface area (Å²) in [5.41, 5.74) is 0.722. The molecule has 4 heteroatoms. The molecule has 0 fully saturated rings. The molecule has 0 amide bonds. The summed E-state index contributed by atoms with van der Waals surface area (Å²) in [5.74, 6) is -0.148. The van der Waals surface area contributed by atoms with Gasteiger partial charge >= 0.3 is 0 Å². The van der Waals surface area contributed by atoms with Crippen molar-refractivity contribution in [3.05, 3.63) is 35.6 Å². The third-order valence-corrected chi connectivity index (χ3v) is 1.81. The fraction of sp³-hybridized carbons (Fsp3) is 0.143. The third-order valence-electron chi connectivity index (χ3n) is 1.21. The maximum Gasteiger partial charge on any atom is 0.123 e. The van der Waals surface area contributed by atoms with Crippen LogP contribution in [0.5, 0.6) is 0 Å². The first kappa shape index (κ1) is 8.20. The topological polar surface area (TPSA) is 40.9 Å². The molecule has 0 spiro atoms. The van der Waals surface area contributed by atoms with Gasteiger partial charge in [-0.25, -0.2) is 4.39 Å². The van der Waals surface area contributed by atoms with Crippen LogP contribution in [0.3, 0.4) is 0 Å². The molecule has 0 aliphatic rings. The van der Waals surface area contributed by atoms with Crippen LogP contribution in [0, 0.1) is 10.6 Å². The van der Waals surface area contributed by atoms with Gasteiger partial charge in [-0.15, -0.1) is 0 Å². The molecule has 1 N–H and O–H groups in total. The molecule has 0 aliphatic carbocycles. The first-order chi connectivity index (χ1) is 5.18. The summed E-state index contributed by atoms with van der Waals surface area (Å²) < 4.78 is 29.4. The lowest BCUT2D eigenvalue weighted by molar-refractivity contribution is 0.598. The molecule has 11 heavy (non-hydrogen) atoms. The number of nitrogens with one attached hydrogen (secondary N) is 1. The Balaban J connectivity index is 2.82. The van der Waals surface area contributed by atoms with E-state index in [4.69, 9.17) is 4.78 Å². The molecule has 2 nitrogen and oxygen atoms in total. The van der Waals surface area contributed by atoms with Crippen molar-refractivity contribution < 1.29 is 8.60 Å². The van der Waals surface area contributed by atoms with Gasteiger partial charge in [-0.05, 0) is 12.1 Å².